The highest BCUT2D eigenvalue weighted by atomic mass is 16.5. The first-order chi connectivity index (χ1) is 10.3. The maximum atomic E-state index is 6.87. The summed E-state index contributed by atoms with van der Waals surface area (Å²) in [6.45, 7) is 4.01. The first-order valence-electron chi connectivity index (χ1n) is 9.36. The molecule has 2 bridgehead atoms. The van der Waals surface area contributed by atoms with Crippen LogP contribution in [0.2, 0.25) is 0 Å². The van der Waals surface area contributed by atoms with E-state index in [1.807, 2.05) is 0 Å². The van der Waals surface area contributed by atoms with Crippen LogP contribution >= 0.6 is 0 Å². The van der Waals surface area contributed by atoms with Crippen LogP contribution in [0.3, 0.4) is 0 Å². The van der Waals surface area contributed by atoms with Crippen LogP contribution in [0.4, 0.5) is 0 Å². The fourth-order valence-corrected chi connectivity index (χ4v) is 6.13. The van der Waals surface area contributed by atoms with Crippen LogP contribution in [-0.4, -0.2) is 42.8 Å². The summed E-state index contributed by atoms with van der Waals surface area (Å²) in [5, 5.41) is 0. The molecular weight excluding hydrogens is 260 g/mol. The zero-order chi connectivity index (χ0) is 14.3. The van der Waals surface area contributed by atoms with Gasteiger partial charge in [-0.05, 0) is 56.3 Å². The van der Waals surface area contributed by atoms with E-state index in [0.29, 0.717) is 11.6 Å². The Morgan fingerprint density at radius 1 is 1.10 bits per heavy atom. The molecule has 3 nitrogen and oxygen atoms in total. The van der Waals surface area contributed by atoms with Crippen LogP contribution in [0.25, 0.3) is 0 Å². The summed E-state index contributed by atoms with van der Waals surface area (Å²) in [7, 11) is 0. The second kappa shape index (κ2) is 5.82. The highest BCUT2D eigenvalue weighted by Gasteiger charge is 2.47. The minimum absolute atomic E-state index is 0.311. The molecule has 3 heteroatoms. The van der Waals surface area contributed by atoms with Crippen LogP contribution in [-0.2, 0) is 4.74 Å². The van der Waals surface area contributed by atoms with Gasteiger partial charge in [0, 0.05) is 24.7 Å². The zero-order valence-electron chi connectivity index (χ0n) is 13.4. The third kappa shape index (κ3) is 2.55. The topological polar surface area (TPSA) is 38.5 Å². The summed E-state index contributed by atoms with van der Waals surface area (Å²) in [4.78, 5) is 2.71. The highest BCUT2D eigenvalue weighted by Crippen LogP contribution is 2.51. The van der Waals surface area contributed by atoms with Gasteiger partial charge in [0.15, 0.2) is 0 Å². The van der Waals surface area contributed by atoms with E-state index >= 15 is 0 Å². The number of morpholine rings is 1. The number of nitrogens with two attached hydrogens (primary N) is 1. The molecule has 0 amide bonds. The van der Waals surface area contributed by atoms with Crippen LogP contribution < -0.4 is 5.73 Å². The van der Waals surface area contributed by atoms with E-state index < -0.39 is 0 Å². The average Bonchev–Trinajstić information content (AvgIpc) is 3.25. The van der Waals surface area contributed by atoms with Crippen molar-refractivity contribution in [3.05, 3.63) is 0 Å². The summed E-state index contributed by atoms with van der Waals surface area (Å²) in [5.74, 6) is 3.01. The second-order valence-corrected chi connectivity index (χ2v) is 8.19. The SMILES string of the molecule is NC(CC1CC2CCC1C2)C1(N2CCOCC2)CCCC1. The van der Waals surface area contributed by atoms with E-state index in [4.69, 9.17) is 10.5 Å². The Labute approximate surface area is 129 Å². The van der Waals surface area contributed by atoms with Crippen molar-refractivity contribution >= 4 is 0 Å². The molecule has 1 saturated heterocycles. The summed E-state index contributed by atoms with van der Waals surface area (Å²) in [6.07, 6.45) is 12.7. The molecule has 0 aromatic heterocycles. The van der Waals surface area contributed by atoms with Gasteiger partial charge in [-0.2, -0.15) is 0 Å². The largest absolute Gasteiger partial charge is 0.379 e. The molecule has 4 rings (SSSR count). The molecule has 21 heavy (non-hydrogen) atoms. The third-order valence-corrected chi connectivity index (χ3v) is 7.24. The van der Waals surface area contributed by atoms with Crippen molar-refractivity contribution in [3.63, 3.8) is 0 Å². The standard InChI is InChI=1S/C18H32N2O/c19-17(13-16-12-14-3-4-15(16)11-14)18(5-1-2-6-18)20-7-9-21-10-8-20/h14-17H,1-13,19H2. The molecule has 4 atom stereocenters. The van der Waals surface area contributed by atoms with Gasteiger partial charge in [-0.1, -0.05) is 19.3 Å². The van der Waals surface area contributed by atoms with Gasteiger partial charge in [-0.3, -0.25) is 4.90 Å². The Bertz CT molecular complexity index is 360. The van der Waals surface area contributed by atoms with Crippen molar-refractivity contribution in [1.29, 1.82) is 0 Å². The lowest BCUT2D eigenvalue weighted by atomic mass is 9.77. The molecule has 0 aromatic carbocycles. The van der Waals surface area contributed by atoms with Gasteiger partial charge < -0.3 is 10.5 Å². The summed E-state index contributed by atoms with van der Waals surface area (Å²) >= 11 is 0. The Balaban J connectivity index is 1.45. The Hall–Kier alpha value is -0.120. The van der Waals surface area contributed by atoms with Crippen molar-refractivity contribution < 1.29 is 4.74 Å². The fourth-order valence-electron chi connectivity index (χ4n) is 6.13. The van der Waals surface area contributed by atoms with Crippen LogP contribution in [0, 0.1) is 17.8 Å². The molecule has 4 aliphatic rings. The number of hydrogen-bond acceptors (Lipinski definition) is 3. The quantitative estimate of drug-likeness (QED) is 0.866. The predicted molar refractivity (Wildman–Crippen MR) is 85.1 cm³/mol. The molecule has 1 heterocycles. The molecule has 2 N–H and O–H groups in total. The average molecular weight is 292 g/mol. The van der Waals surface area contributed by atoms with Crippen LogP contribution in [0.1, 0.15) is 57.8 Å². The first kappa shape index (κ1) is 14.5. The zero-order valence-corrected chi connectivity index (χ0v) is 13.4. The number of hydrogen-bond donors (Lipinski definition) is 1. The van der Waals surface area contributed by atoms with E-state index in [9.17, 15) is 0 Å². The molecular formula is C18H32N2O. The van der Waals surface area contributed by atoms with E-state index in [0.717, 1.165) is 44.1 Å². The van der Waals surface area contributed by atoms with E-state index in [1.54, 1.807) is 0 Å². The lowest BCUT2D eigenvalue weighted by Gasteiger charge is -2.48. The second-order valence-electron chi connectivity index (χ2n) is 8.19. The van der Waals surface area contributed by atoms with Gasteiger partial charge in [0.2, 0.25) is 0 Å². The van der Waals surface area contributed by atoms with Gasteiger partial charge in [-0.15, -0.1) is 0 Å². The first-order valence-corrected chi connectivity index (χ1v) is 9.36. The fraction of sp³-hybridized carbons (Fsp3) is 1.00. The molecule has 4 fully saturated rings. The number of fused-ring (bicyclic) bond motifs is 2. The highest BCUT2D eigenvalue weighted by molar-refractivity contribution is 5.05. The van der Waals surface area contributed by atoms with Crippen molar-refractivity contribution in [2.75, 3.05) is 26.3 Å². The van der Waals surface area contributed by atoms with Gasteiger partial charge in [-0.25, -0.2) is 0 Å². The Morgan fingerprint density at radius 3 is 2.48 bits per heavy atom. The van der Waals surface area contributed by atoms with E-state index in [-0.39, 0.29) is 0 Å². The monoisotopic (exact) mass is 292 g/mol. The summed E-state index contributed by atoms with van der Waals surface area (Å²) in [6, 6.07) is 0.391. The number of nitrogens with zero attached hydrogens (tertiary/aromatic N) is 1. The molecule has 4 unspecified atom stereocenters. The summed E-state index contributed by atoms with van der Waals surface area (Å²) < 4.78 is 5.58. The molecule has 3 saturated carbocycles. The minimum Gasteiger partial charge on any atom is -0.379 e. The molecule has 3 aliphatic carbocycles. The maximum absolute atomic E-state index is 6.87. The van der Waals surface area contributed by atoms with Gasteiger partial charge in [0.25, 0.3) is 0 Å². The number of rotatable bonds is 4. The van der Waals surface area contributed by atoms with E-state index in [2.05, 4.69) is 4.90 Å². The van der Waals surface area contributed by atoms with Gasteiger partial charge >= 0.3 is 0 Å². The van der Waals surface area contributed by atoms with Crippen molar-refractivity contribution in [2.45, 2.75) is 69.4 Å². The summed E-state index contributed by atoms with van der Waals surface area (Å²) in [5.41, 5.74) is 7.19. The Morgan fingerprint density at radius 2 is 1.86 bits per heavy atom. The molecule has 0 radical (unpaired) electrons. The molecule has 0 aromatic rings. The smallest absolute Gasteiger partial charge is 0.0594 e. The maximum Gasteiger partial charge on any atom is 0.0594 e. The Kier molecular flexibility index (Phi) is 4.01. The predicted octanol–water partition coefficient (Wildman–Crippen LogP) is 2.79. The van der Waals surface area contributed by atoms with Crippen molar-refractivity contribution in [2.24, 2.45) is 23.5 Å². The van der Waals surface area contributed by atoms with Crippen LogP contribution in [0.15, 0.2) is 0 Å². The lowest BCUT2D eigenvalue weighted by Crippen LogP contribution is -2.61. The third-order valence-electron chi connectivity index (χ3n) is 7.24. The normalized spacial score (nSPS) is 40.7. The van der Waals surface area contributed by atoms with Gasteiger partial charge in [0.05, 0.1) is 13.2 Å². The van der Waals surface area contributed by atoms with Gasteiger partial charge in [0.1, 0.15) is 0 Å². The molecule has 1 aliphatic heterocycles. The number of ether oxygens (including phenoxy) is 1. The van der Waals surface area contributed by atoms with E-state index in [1.165, 1.54) is 57.8 Å². The molecule has 120 valence electrons. The lowest BCUT2D eigenvalue weighted by molar-refractivity contribution is -0.0343. The molecule has 0 spiro atoms. The van der Waals surface area contributed by atoms with Crippen LogP contribution in [0.5, 0.6) is 0 Å². The van der Waals surface area contributed by atoms with Crippen molar-refractivity contribution in [1.82, 2.24) is 4.90 Å². The minimum atomic E-state index is 0.311. The van der Waals surface area contributed by atoms with Crippen molar-refractivity contribution in [3.8, 4) is 0 Å².